The van der Waals surface area contributed by atoms with Crippen molar-refractivity contribution in [3.8, 4) is 0 Å². The summed E-state index contributed by atoms with van der Waals surface area (Å²) in [6.45, 7) is -0.0772. The number of carboxylic acid groups (broad SMARTS) is 1. The number of sulfone groups is 1. The van der Waals surface area contributed by atoms with Gasteiger partial charge in [0.1, 0.15) is 9.84 Å². The number of hydrogen-bond acceptors (Lipinski definition) is 6. The lowest BCUT2D eigenvalue weighted by molar-refractivity contribution is -0.144. The second-order valence-electron chi connectivity index (χ2n) is 3.99. The zero-order chi connectivity index (χ0) is 14.2. The highest BCUT2D eigenvalue weighted by Crippen LogP contribution is 2.01. The van der Waals surface area contributed by atoms with Crippen LogP contribution in [-0.4, -0.2) is 55.3 Å². The van der Waals surface area contributed by atoms with Crippen LogP contribution in [0.4, 0.5) is 0 Å². The Labute approximate surface area is 106 Å². The van der Waals surface area contributed by atoms with Gasteiger partial charge in [0.2, 0.25) is 0 Å². The molecule has 0 rings (SSSR count). The van der Waals surface area contributed by atoms with Crippen LogP contribution in [0.25, 0.3) is 0 Å². The lowest BCUT2D eigenvalue weighted by Crippen LogP contribution is -2.17. The predicted octanol–water partition coefficient (Wildman–Crippen LogP) is -0.420. The summed E-state index contributed by atoms with van der Waals surface area (Å²) in [5.74, 6) is -1.76. The third kappa shape index (κ3) is 11.3. The molecule has 0 saturated heterocycles. The summed E-state index contributed by atoms with van der Waals surface area (Å²) >= 11 is 0. The number of rotatable bonds is 9. The van der Waals surface area contributed by atoms with E-state index in [0.717, 1.165) is 6.26 Å². The average Bonchev–Trinajstić information content (AvgIpc) is 2.13. The van der Waals surface area contributed by atoms with Gasteiger partial charge in [-0.15, -0.1) is 0 Å². The highest BCUT2D eigenvalue weighted by atomic mass is 32.2. The minimum absolute atomic E-state index is 0.0118. The van der Waals surface area contributed by atoms with E-state index < -0.39 is 34.3 Å². The third-order valence-corrected chi connectivity index (χ3v) is 3.05. The molecular weight excluding hydrogens is 264 g/mol. The molecule has 0 fully saturated rings. The van der Waals surface area contributed by atoms with E-state index in [1.165, 1.54) is 0 Å². The van der Waals surface area contributed by atoms with Gasteiger partial charge in [0, 0.05) is 19.1 Å². The zero-order valence-corrected chi connectivity index (χ0v) is 11.0. The van der Waals surface area contributed by atoms with E-state index in [0.29, 0.717) is 0 Å². The van der Waals surface area contributed by atoms with E-state index >= 15 is 0 Å². The number of carbonyl (C=O) groups excluding carboxylic acids is 1. The summed E-state index contributed by atoms with van der Waals surface area (Å²) in [6.07, 6.45) is -0.139. The molecule has 0 aliphatic heterocycles. The van der Waals surface area contributed by atoms with Gasteiger partial charge in [0.15, 0.2) is 0 Å². The molecular formula is C10H18O7S. The normalized spacial score (nSPS) is 13.0. The van der Waals surface area contributed by atoms with Gasteiger partial charge in [-0.2, -0.15) is 0 Å². The molecule has 1 atom stereocenters. The predicted molar refractivity (Wildman–Crippen MR) is 62.8 cm³/mol. The van der Waals surface area contributed by atoms with E-state index in [4.69, 9.17) is 14.9 Å². The smallest absolute Gasteiger partial charge is 0.305 e. The molecule has 0 aliphatic rings. The highest BCUT2D eigenvalue weighted by molar-refractivity contribution is 7.90. The summed E-state index contributed by atoms with van der Waals surface area (Å²) in [4.78, 5) is 21.3. The molecule has 1 unspecified atom stereocenters. The van der Waals surface area contributed by atoms with E-state index in [2.05, 4.69) is 0 Å². The van der Waals surface area contributed by atoms with Crippen LogP contribution in [0.2, 0.25) is 0 Å². The van der Waals surface area contributed by atoms with Crippen molar-refractivity contribution in [2.24, 2.45) is 0 Å². The lowest BCUT2D eigenvalue weighted by Gasteiger charge is -2.08. The third-order valence-electron chi connectivity index (χ3n) is 2.02. The fourth-order valence-electron chi connectivity index (χ4n) is 1.16. The van der Waals surface area contributed by atoms with Gasteiger partial charge >= 0.3 is 11.9 Å². The lowest BCUT2D eigenvalue weighted by atomic mass is 10.2. The van der Waals surface area contributed by atoms with E-state index in [1.807, 2.05) is 0 Å². The Morgan fingerprint density at radius 2 is 1.94 bits per heavy atom. The Morgan fingerprint density at radius 3 is 2.44 bits per heavy atom. The molecule has 18 heavy (non-hydrogen) atoms. The molecule has 0 aromatic rings. The van der Waals surface area contributed by atoms with Gasteiger partial charge in [0.25, 0.3) is 0 Å². The van der Waals surface area contributed by atoms with Gasteiger partial charge in [-0.3, -0.25) is 9.59 Å². The van der Waals surface area contributed by atoms with Crippen molar-refractivity contribution < 1.29 is 33.0 Å². The van der Waals surface area contributed by atoms with Gasteiger partial charge in [-0.1, -0.05) is 0 Å². The summed E-state index contributed by atoms with van der Waals surface area (Å²) in [7, 11) is -3.08. The fraction of sp³-hybridized carbons (Fsp3) is 0.800. The Balaban J connectivity index is 3.62. The van der Waals surface area contributed by atoms with Crippen LogP contribution in [0.1, 0.15) is 25.7 Å². The SMILES string of the molecule is CS(=O)(=O)CCCC(=O)OCCC(O)CC(=O)O. The Morgan fingerprint density at radius 1 is 1.33 bits per heavy atom. The Hall–Kier alpha value is -1.15. The minimum atomic E-state index is -3.08. The number of aliphatic hydroxyl groups is 1. The number of aliphatic hydroxyl groups excluding tert-OH is 1. The Bertz CT molecular complexity index is 374. The van der Waals surface area contributed by atoms with Crippen LogP contribution >= 0.6 is 0 Å². The summed E-state index contributed by atoms with van der Waals surface area (Å²) in [5.41, 5.74) is 0. The summed E-state index contributed by atoms with van der Waals surface area (Å²) in [5, 5.41) is 17.5. The molecule has 2 N–H and O–H groups in total. The van der Waals surface area contributed by atoms with Crippen molar-refractivity contribution in [2.75, 3.05) is 18.6 Å². The molecule has 0 aromatic carbocycles. The number of hydrogen-bond donors (Lipinski definition) is 2. The zero-order valence-electron chi connectivity index (χ0n) is 10.2. The average molecular weight is 282 g/mol. The fourth-order valence-corrected chi connectivity index (χ4v) is 1.83. The van der Waals surface area contributed by atoms with Crippen molar-refractivity contribution in [3.63, 3.8) is 0 Å². The first-order valence-electron chi connectivity index (χ1n) is 5.44. The van der Waals surface area contributed by atoms with E-state index in [-0.39, 0.29) is 31.6 Å². The maximum absolute atomic E-state index is 11.1. The van der Waals surface area contributed by atoms with E-state index in [1.54, 1.807) is 0 Å². The van der Waals surface area contributed by atoms with Crippen molar-refractivity contribution >= 4 is 21.8 Å². The van der Waals surface area contributed by atoms with Crippen LogP contribution in [0.15, 0.2) is 0 Å². The number of esters is 1. The molecule has 0 spiro atoms. The largest absolute Gasteiger partial charge is 0.481 e. The van der Waals surface area contributed by atoms with Crippen LogP contribution < -0.4 is 0 Å². The number of aliphatic carboxylic acids is 1. The van der Waals surface area contributed by atoms with Gasteiger partial charge < -0.3 is 14.9 Å². The molecule has 0 saturated carbocycles. The number of carbonyl (C=O) groups is 2. The molecule has 0 amide bonds. The van der Waals surface area contributed by atoms with Crippen LogP contribution in [0.5, 0.6) is 0 Å². The maximum Gasteiger partial charge on any atom is 0.305 e. The number of carboxylic acids is 1. The van der Waals surface area contributed by atoms with Crippen molar-refractivity contribution in [2.45, 2.75) is 31.8 Å². The topological polar surface area (TPSA) is 118 Å². The van der Waals surface area contributed by atoms with Gasteiger partial charge in [-0.25, -0.2) is 8.42 Å². The molecule has 0 radical (unpaired) electrons. The minimum Gasteiger partial charge on any atom is -0.481 e. The second-order valence-corrected chi connectivity index (χ2v) is 6.25. The molecule has 7 nitrogen and oxygen atoms in total. The molecule has 0 bridgehead atoms. The monoisotopic (exact) mass is 282 g/mol. The van der Waals surface area contributed by atoms with Crippen LogP contribution in [0, 0.1) is 0 Å². The molecule has 8 heteroatoms. The van der Waals surface area contributed by atoms with E-state index in [9.17, 15) is 18.0 Å². The van der Waals surface area contributed by atoms with Crippen molar-refractivity contribution in [1.29, 1.82) is 0 Å². The Kier molecular flexibility index (Phi) is 7.53. The molecule has 0 heterocycles. The maximum atomic E-state index is 11.1. The first-order chi connectivity index (χ1) is 8.20. The first kappa shape index (κ1) is 16.9. The first-order valence-corrected chi connectivity index (χ1v) is 7.50. The second kappa shape index (κ2) is 8.04. The highest BCUT2D eigenvalue weighted by Gasteiger charge is 2.11. The quantitative estimate of drug-likeness (QED) is 0.551. The number of ether oxygens (including phenoxy) is 1. The molecule has 0 aliphatic carbocycles. The van der Waals surface area contributed by atoms with Gasteiger partial charge in [0.05, 0.1) is 24.9 Å². The molecule has 0 aromatic heterocycles. The van der Waals surface area contributed by atoms with Crippen molar-refractivity contribution in [1.82, 2.24) is 0 Å². The van der Waals surface area contributed by atoms with Gasteiger partial charge in [-0.05, 0) is 6.42 Å². The standard InChI is InChI=1S/C10H18O7S/c1-18(15,16)6-2-3-10(14)17-5-4-8(11)7-9(12)13/h8,11H,2-7H2,1H3,(H,12,13). The summed E-state index contributed by atoms with van der Waals surface area (Å²) < 4.78 is 26.3. The molecule has 106 valence electrons. The summed E-state index contributed by atoms with van der Waals surface area (Å²) in [6, 6.07) is 0. The van der Waals surface area contributed by atoms with Crippen LogP contribution in [-0.2, 0) is 24.2 Å². The van der Waals surface area contributed by atoms with Crippen molar-refractivity contribution in [3.05, 3.63) is 0 Å². The van der Waals surface area contributed by atoms with Crippen LogP contribution in [0.3, 0.4) is 0 Å².